The van der Waals surface area contributed by atoms with Gasteiger partial charge in [0.05, 0.1) is 5.92 Å². The zero-order chi connectivity index (χ0) is 14.0. The standard InChI is InChI=1S/C12H19N3O2S2/c1-7-4-5-8(10(16)17)9(6-7)18-12-14-13-11(19-12)15(2)3/h7-9H,4-6H2,1-3H3,(H,16,17). The van der Waals surface area contributed by atoms with E-state index < -0.39 is 5.97 Å². The number of carbonyl (C=O) groups is 1. The van der Waals surface area contributed by atoms with Crippen molar-refractivity contribution in [1.82, 2.24) is 10.2 Å². The molecule has 2 rings (SSSR count). The van der Waals surface area contributed by atoms with Crippen molar-refractivity contribution >= 4 is 34.2 Å². The van der Waals surface area contributed by atoms with Gasteiger partial charge in [-0.1, -0.05) is 30.0 Å². The lowest BCUT2D eigenvalue weighted by molar-refractivity contribution is -0.142. The number of hydrogen-bond donors (Lipinski definition) is 1. The maximum Gasteiger partial charge on any atom is 0.307 e. The number of nitrogens with zero attached hydrogens (tertiary/aromatic N) is 3. The van der Waals surface area contributed by atoms with Gasteiger partial charge in [0.15, 0.2) is 4.34 Å². The third-order valence-corrected chi connectivity index (χ3v) is 5.93. The largest absolute Gasteiger partial charge is 0.481 e. The first kappa shape index (κ1) is 14.6. The second-order valence-corrected chi connectivity index (χ2v) is 7.71. The van der Waals surface area contributed by atoms with Crippen LogP contribution in [0.15, 0.2) is 4.34 Å². The summed E-state index contributed by atoms with van der Waals surface area (Å²) in [6, 6.07) is 0. The second-order valence-electron chi connectivity index (χ2n) is 5.26. The lowest BCUT2D eigenvalue weighted by Crippen LogP contribution is -2.31. The van der Waals surface area contributed by atoms with Crippen LogP contribution in [0.2, 0.25) is 0 Å². The van der Waals surface area contributed by atoms with Crippen molar-refractivity contribution in [3.8, 4) is 0 Å². The second kappa shape index (κ2) is 6.09. The molecule has 1 aromatic heterocycles. The van der Waals surface area contributed by atoms with Crippen molar-refractivity contribution in [2.75, 3.05) is 19.0 Å². The number of aliphatic carboxylic acids is 1. The van der Waals surface area contributed by atoms with Gasteiger partial charge in [-0.3, -0.25) is 4.79 Å². The van der Waals surface area contributed by atoms with E-state index in [1.165, 1.54) is 11.3 Å². The predicted molar refractivity (Wildman–Crippen MR) is 78.0 cm³/mol. The van der Waals surface area contributed by atoms with E-state index in [0.29, 0.717) is 5.92 Å². The Morgan fingerprint density at radius 3 is 2.74 bits per heavy atom. The first-order valence-corrected chi connectivity index (χ1v) is 8.07. The summed E-state index contributed by atoms with van der Waals surface area (Å²) in [5.74, 6) is -0.344. The fraction of sp³-hybridized carbons (Fsp3) is 0.750. The number of aromatic nitrogens is 2. The summed E-state index contributed by atoms with van der Waals surface area (Å²) in [4.78, 5) is 13.2. The summed E-state index contributed by atoms with van der Waals surface area (Å²) >= 11 is 3.10. The van der Waals surface area contributed by atoms with E-state index in [1.54, 1.807) is 11.8 Å². The molecule has 3 unspecified atom stereocenters. The van der Waals surface area contributed by atoms with Crippen LogP contribution in [-0.2, 0) is 4.79 Å². The van der Waals surface area contributed by atoms with Crippen molar-refractivity contribution in [3.63, 3.8) is 0 Å². The van der Waals surface area contributed by atoms with Gasteiger partial charge in [0.1, 0.15) is 0 Å². The molecule has 0 saturated heterocycles. The molecular weight excluding hydrogens is 282 g/mol. The van der Waals surface area contributed by atoms with E-state index >= 15 is 0 Å². The van der Waals surface area contributed by atoms with Gasteiger partial charge in [-0.25, -0.2) is 0 Å². The first-order valence-electron chi connectivity index (χ1n) is 6.37. The molecule has 1 aliphatic carbocycles. The number of carboxylic acid groups (broad SMARTS) is 1. The molecule has 0 radical (unpaired) electrons. The molecule has 3 atom stereocenters. The first-order chi connectivity index (χ1) is 8.97. The van der Waals surface area contributed by atoms with Crippen LogP contribution in [0.1, 0.15) is 26.2 Å². The summed E-state index contributed by atoms with van der Waals surface area (Å²) in [6.07, 6.45) is 2.72. The molecule has 1 aliphatic rings. The van der Waals surface area contributed by atoms with Crippen molar-refractivity contribution in [2.45, 2.75) is 35.8 Å². The summed E-state index contributed by atoms with van der Waals surface area (Å²) in [7, 11) is 3.86. The molecule has 106 valence electrons. The monoisotopic (exact) mass is 301 g/mol. The average Bonchev–Trinajstić information content (AvgIpc) is 2.77. The van der Waals surface area contributed by atoms with Crippen LogP contribution in [0.4, 0.5) is 5.13 Å². The third kappa shape index (κ3) is 3.60. The SMILES string of the molecule is CC1CCC(C(=O)O)C(Sc2nnc(N(C)C)s2)C1. The molecule has 0 aliphatic heterocycles. The molecule has 5 nitrogen and oxygen atoms in total. The Kier molecular flexibility index (Phi) is 4.67. The maximum atomic E-state index is 11.3. The topological polar surface area (TPSA) is 66.3 Å². The molecule has 0 spiro atoms. The number of hydrogen-bond acceptors (Lipinski definition) is 6. The molecule has 0 amide bonds. The minimum atomic E-state index is -0.679. The van der Waals surface area contributed by atoms with Crippen molar-refractivity contribution in [1.29, 1.82) is 0 Å². The molecule has 1 heterocycles. The Bertz CT molecular complexity index is 450. The number of carboxylic acids is 1. The highest BCUT2D eigenvalue weighted by molar-refractivity contribution is 8.01. The number of rotatable bonds is 4. The highest BCUT2D eigenvalue weighted by Crippen LogP contribution is 2.41. The molecule has 0 bridgehead atoms. The lowest BCUT2D eigenvalue weighted by Gasteiger charge is -2.31. The summed E-state index contributed by atoms with van der Waals surface area (Å²) in [6.45, 7) is 2.19. The summed E-state index contributed by atoms with van der Waals surface area (Å²) in [5.41, 5.74) is 0. The minimum Gasteiger partial charge on any atom is -0.481 e. The highest BCUT2D eigenvalue weighted by Gasteiger charge is 2.35. The molecule has 19 heavy (non-hydrogen) atoms. The smallest absolute Gasteiger partial charge is 0.307 e. The van der Waals surface area contributed by atoms with Gasteiger partial charge in [-0.2, -0.15) is 0 Å². The Balaban J connectivity index is 2.07. The predicted octanol–water partition coefficient (Wildman–Crippen LogP) is 2.59. The van der Waals surface area contributed by atoms with Crippen LogP contribution in [0, 0.1) is 11.8 Å². The molecule has 7 heteroatoms. The average molecular weight is 301 g/mol. The lowest BCUT2D eigenvalue weighted by atomic mass is 9.82. The van der Waals surface area contributed by atoms with E-state index in [9.17, 15) is 9.90 Å². The van der Waals surface area contributed by atoms with Gasteiger partial charge in [0, 0.05) is 19.3 Å². The molecule has 1 fully saturated rings. The van der Waals surface area contributed by atoms with E-state index in [2.05, 4.69) is 17.1 Å². The van der Waals surface area contributed by atoms with Gasteiger partial charge >= 0.3 is 5.97 Å². The van der Waals surface area contributed by atoms with Crippen LogP contribution in [0.3, 0.4) is 0 Å². The normalized spacial score (nSPS) is 27.2. The van der Waals surface area contributed by atoms with Gasteiger partial charge < -0.3 is 10.0 Å². The van der Waals surface area contributed by atoms with E-state index in [-0.39, 0.29) is 11.2 Å². The number of thioether (sulfide) groups is 1. The Labute approximate surface area is 121 Å². The van der Waals surface area contributed by atoms with E-state index in [0.717, 1.165) is 28.7 Å². The Hall–Kier alpha value is -0.820. The maximum absolute atomic E-state index is 11.3. The van der Waals surface area contributed by atoms with E-state index in [4.69, 9.17) is 0 Å². The van der Waals surface area contributed by atoms with Crippen LogP contribution in [0.5, 0.6) is 0 Å². The molecule has 1 N–H and O–H groups in total. The Morgan fingerprint density at radius 2 is 2.16 bits per heavy atom. The minimum absolute atomic E-state index is 0.115. The van der Waals surface area contributed by atoms with Crippen molar-refractivity contribution in [3.05, 3.63) is 0 Å². The fourth-order valence-electron chi connectivity index (χ4n) is 2.30. The quantitative estimate of drug-likeness (QED) is 0.922. The van der Waals surface area contributed by atoms with Gasteiger partial charge in [0.2, 0.25) is 5.13 Å². The third-order valence-electron chi connectivity index (χ3n) is 3.40. The van der Waals surface area contributed by atoms with Crippen LogP contribution in [-0.4, -0.2) is 40.6 Å². The molecule has 1 aromatic rings. The van der Waals surface area contributed by atoms with Gasteiger partial charge in [-0.15, -0.1) is 10.2 Å². The van der Waals surface area contributed by atoms with Gasteiger partial charge in [0.25, 0.3) is 0 Å². The van der Waals surface area contributed by atoms with Crippen molar-refractivity contribution in [2.24, 2.45) is 11.8 Å². The number of anilines is 1. The zero-order valence-corrected chi connectivity index (χ0v) is 13.0. The van der Waals surface area contributed by atoms with Crippen LogP contribution in [0.25, 0.3) is 0 Å². The fourth-order valence-corrected chi connectivity index (χ4v) is 4.78. The van der Waals surface area contributed by atoms with Crippen LogP contribution < -0.4 is 4.90 Å². The van der Waals surface area contributed by atoms with E-state index in [1.807, 2.05) is 19.0 Å². The summed E-state index contributed by atoms with van der Waals surface area (Å²) < 4.78 is 0.869. The highest BCUT2D eigenvalue weighted by atomic mass is 32.2. The summed E-state index contributed by atoms with van der Waals surface area (Å²) in [5, 5.41) is 18.5. The molecule has 0 aromatic carbocycles. The van der Waals surface area contributed by atoms with Crippen molar-refractivity contribution < 1.29 is 9.90 Å². The Morgan fingerprint density at radius 1 is 1.42 bits per heavy atom. The van der Waals surface area contributed by atoms with Gasteiger partial charge in [-0.05, 0) is 25.2 Å². The zero-order valence-electron chi connectivity index (χ0n) is 11.4. The van der Waals surface area contributed by atoms with Crippen LogP contribution >= 0.6 is 23.1 Å². The molecule has 1 saturated carbocycles. The molecular formula is C12H19N3O2S2.